The van der Waals surface area contributed by atoms with Gasteiger partial charge in [0.05, 0.1) is 0 Å². The molecule has 2 N–H and O–H groups in total. The van der Waals surface area contributed by atoms with Gasteiger partial charge < -0.3 is 10.4 Å². The molecule has 0 aromatic rings. The summed E-state index contributed by atoms with van der Waals surface area (Å²) in [5.74, 6) is 0.0988. The number of hydrogen-bond acceptors (Lipinski definition) is 2. The van der Waals surface area contributed by atoms with Crippen LogP contribution in [0.2, 0.25) is 0 Å². The summed E-state index contributed by atoms with van der Waals surface area (Å²) in [5, 5.41) is 12.5. The monoisotopic (exact) mass is 227 g/mol. The van der Waals surface area contributed by atoms with Crippen LogP contribution in [-0.4, -0.2) is 23.2 Å². The van der Waals surface area contributed by atoms with Crippen molar-refractivity contribution in [2.75, 3.05) is 0 Å². The molecule has 1 rings (SSSR count). The van der Waals surface area contributed by atoms with Crippen LogP contribution in [0.5, 0.6) is 0 Å². The SMILES string of the molecule is CCC1CCCCC1NC(C(=O)O)C(C)C. The summed E-state index contributed by atoms with van der Waals surface area (Å²) >= 11 is 0. The van der Waals surface area contributed by atoms with Gasteiger partial charge in [-0.1, -0.05) is 40.0 Å². The molecule has 0 heterocycles. The maximum atomic E-state index is 11.1. The van der Waals surface area contributed by atoms with Crippen LogP contribution < -0.4 is 5.32 Å². The molecule has 1 saturated carbocycles. The first-order valence-corrected chi connectivity index (χ1v) is 6.55. The predicted molar refractivity (Wildman–Crippen MR) is 65.4 cm³/mol. The van der Waals surface area contributed by atoms with Crippen molar-refractivity contribution in [2.45, 2.75) is 65.0 Å². The first-order chi connectivity index (χ1) is 7.56. The van der Waals surface area contributed by atoms with Gasteiger partial charge in [-0.25, -0.2) is 0 Å². The Kier molecular flexibility index (Phi) is 5.26. The van der Waals surface area contributed by atoms with Gasteiger partial charge in [0.1, 0.15) is 6.04 Å². The molecule has 0 saturated heterocycles. The number of nitrogens with one attached hydrogen (secondary N) is 1. The van der Waals surface area contributed by atoms with E-state index >= 15 is 0 Å². The second kappa shape index (κ2) is 6.24. The molecule has 0 aromatic carbocycles. The lowest BCUT2D eigenvalue weighted by atomic mass is 9.82. The largest absolute Gasteiger partial charge is 0.480 e. The first kappa shape index (κ1) is 13.5. The maximum Gasteiger partial charge on any atom is 0.320 e. The summed E-state index contributed by atoms with van der Waals surface area (Å²) in [6, 6.07) is 0.0133. The van der Waals surface area contributed by atoms with E-state index in [4.69, 9.17) is 0 Å². The standard InChI is InChI=1S/C13H25NO2/c1-4-10-7-5-6-8-11(10)14-12(9(2)3)13(15)16/h9-12,14H,4-8H2,1-3H3,(H,15,16). The van der Waals surface area contributed by atoms with E-state index in [9.17, 15) is 9.90 Å². The molecule has 1 aliphatic rings. The topological polar surface area (TPSA) is 49.3 Å². The molecule has 94 valence electrons. The minimum Gasteiger partial charge on any atom is -0.480 e. The van der Waals surface area contributed by atoms with Crippen molar-refractivity contribution in [2.24, 2.45) is 11.8 Å². The van der Waals surface area contributed by atoms with Gasteiger partial charge in [0.2, 0.25) is 0 Å². The highest BCUT2D eigenvalue weighted by Gasteiger charge is 2.29. The van der Waals surface area contributed by atoms with E-state index in [0.717, 1.165) is 12.8 Å². The van der Waals surface area contributed by atoms with Gasteiger partial charge >= 0.3 is 5.97 Å². The molecule has 3 atom stereocenters. The second-order valence-electron chi connectivity index (χ2n) is 5.29. The molecule has 16 heavy (non-hydrogen) atoms. The molecule has 0 aromatic heterocycles. The fourth-order valence-corrected chi connectivity index (χ4v) is 2.70. The third kappa shape index (κ3) is 3.48. The van der Waals surface area contributed by atoms with E-state index in [0.29, 0.717) is 12.0 Å². The molecular formula is C13H25NO2. The van der Waals surface area contributed by atoms with Crippen LogP contribution in [0.3, 0.4) is 0 Å². The van der Waals surface area contributed by atoms with E-state index in [1.54, 1.807) is 0 Å². The van der Waals surface area contributed by atoms with Crippen LogP contribution >= 0.6 is 0 Å². The Labute approximate surface area is 98.6 Å². The van der Waals surface area contributed by atoms with Crippen molar-refractivity contribution >= 4 is 5.97 Å². The first-order valence-electron chi connectivity index (χ1n) is 6.55. The third-order valence-corrected chi connectivity index (χ3v) is 3.76. The second-order valence-corrected chi connectivity index (χ2v) is 5.29. The molecule has 3 unspecified atom stereocenters. The Balaban J connectivity index is 2.58. The Morgan fingerprint density at radius 3 is 2.50 bits per heavy atom. The number of aliphatic carboxylic acids is 1. The molecule has 1 aliphatic carbocycles. The molecule has 0 bridgehead atoms. The average Bonchev–Trinajstić information content (AvgIpc) is 2.25. The zero-order valence-corrected chi connectivity index (χ0v) is 10.7. The average molecular weight is 227 g/mol. The zero-order chi connectivity index (χ0) is 12.1. The highest BCUT2D eigenvalue weighted by atomic mass is 16.4. The summed E-state index contributed by atoms with van der Waals surface area (Å²) < 4.78 is 0. The molecule has 0 aliphatic heterocycles. The van der Waals surface area contributed by atoms with E-state index in [2.05, 4.69) is 12.2 Å². The van der Waals surface area contributed by atoms with Crippen molar-refractivity contribution in [3.8, 4) is 0 Å². The predicted octanol–water partition coefficient (Wildman–Crippen LogP) is 2.65. The lowest BCUT2D eigenvalue weighted by Gasteiger charge is -2.34. The summed E-state index contributed by atoms with van der Waals surface area (Å²) in [4.78, 5) is 11.1. The summed E-state index contributed by atoms with van der Waals surface area (Å²) in [6.45, 7) is 6.14. The minimum absolute atomic E-state index is 0.150. The van der Waals surface area contributed by atoms with Gasteiger partial charge in [-0.3, -0.25) is 4.79 Å². The molecule has 0 radical (unpaired) electrons. The Morgan fingerprint density at radius 2 is 2.00 bits per heavy atom. The highest BCUT2D eigenvalue weighted by molar-refractivity contribution is 5.73. The van der Waals surface area contributed by atoms with Crippen molar-refractivity contribution < 1.29 is 9.90 Å². The van der Waals surface area contributed by atoms with Crippen molar-refractivity contribution in [1.82, 2.24) is 5.32 Å². The lowest BCUT2D eigenvalue weighted by molar-refractivity contribution is -0.141. The number of carboxylic acids is 1. The summed E-state index contributed by atoms with van der Waals surface area (Å²) in [6.07, 6.45) is 6.07. The van der Waals surface area contributed by atoms with Crippen molar-refractivity contribution in [1.29, 1.82) is 0 Å². The van der Waals surface area contributed by atoms with Gasteiger partial charge in [0.25, 0.3) is 0 Å². The number of carboxylic acid groups (broad SMARTS) is 1. The molecule has 1 fully saturated rings. The molecule has 3 nitrogen and oxygen atoms in total. The van der Waals surface area contributed by atoms with Gasteiger partial charge in [0, 0.05) is 6.04 Å². The fraction of sp³-hybridized carbons (Fsp3) is 0.923. The normalized spacial score (nSPS) is 28.0. The van der Waals surface area contributed by atoms with E-state index in [1.165, 1.54) is 19.3 Å². The Bertz CT molecular complexity index is 228. The number of carbonyl (C=O) groups is 1. The fourth-order valence-electron chi connectivity index (χ4n) is 2.70. The van der Waals surface area contributed by atoms with Crippen LogP contribution in [-0.2, 0) is 4.79 Å². The number of hydrogen-bond donors (Lipinski definition) is 2. The highest BCUT2D eigenvalue weighted by Crippen LogP contribution is 2.27. The van der Waals surface area contributed by atoms with Crippen LogP contribution in [0.1, 0.15) is 52.9 Å². The Hall–Kier alpha value is -0.570. The molecule has 0 amide bonds. The van der Waals surface area contributed by atoms with E-state index in [1.807, 2.05) is 13.8 Å². The van der Waals surface area contributed by atoms with Gasteiger partial charge in [-0.2, -0.15) is 0 Å². The van der Waals surface area contributed by atoms with Crippen LogP contribution in [0, 0.1) is 11.8 Å². The van der Waals surface area contributed by atoms with Crippen LogP contribution in [0.15, 0.2) is 0 Å². The number of rotatable bonds is 5. The van der Waals surface area contributed by atoms with Crippen molar-refractivity contribution in [3.63, 3.8) is 0 Å². The summed E-state index contributed by atoms with van der Waals surface area (Å²) in [7, 11) is 0. The maximum absolute atomic E-state index is 11.1. The van der Waals surface area contributed by atoms with Crippen molar-refractivity contribution in [3.05, 3.63) is 0 Å². The smallest absolute Gasteiger partial charge is 0.320 e. The summed E-state index contributed by atoms with van der Waals surface area (Å²) in [5.41, 5.74) is 0. The molecule has 0 spiro atoms. The Morgan fingerprint density at radius 1 is 1.38 bits per heavy atom. The van der Waals surface area contributed by atoms with Gasteiger partial charge in [-0.05, 0) is 24.7 Å². The van der Waals surface area contributed by atoms with E-state index in [-0.39, 0.29) is 5.92 Å². The quantitative estimate of drug-likeness (QED) is 0.759. The van der Waals surface area contributed by atoms with Gasteiger partial charge in [0.15, 0.2) is 0 Å². The van der Waals surface area contributed by atoms with E-state index < -0.39 is 12.0 Å². The molecule has 3 heteroatoms. The zero-order valence-electron chi connectivity index (χ0n) is 10.7. The van der Waals surface area contributed by atoms with Crippen LogP contribution in [0.4, 0.5) is 0 Å². The van der Waals surface area contributed by atoms with Gasteiger partial charge in [-0.15, -0.1) is 0 Å². The van der Waals surface area contributed by atoms with Crippen LogP contribution in [0.25, 0.3) is 0 Å². The lowest BCUT2D eigenvalue weighted by Crippen LogP contribution is -2.50. The molecular weight excluding hydrogens is 202 g/mol. The third-order valence-electron chi connectivity index (χ3n) is 3.76. The minimum atomic E-state index is -0.713.